The largest absolute Gasteiger partial charge is 0.493 e. The molecule has 176 valence electrons. The van der Waals surface area contributed by atoms with Gasteiger partial charge in [0.1, 0.15) is 0 Å². The highest BCUT2D eigenvalue weighted by Gasteiger charge is 2.13. The summed E-state index contributed by atoms with van der Waals surface area (Å²) in [6, 6.07) is 14.1. The van der Waals surface area contributed by atoms with Crippen molar-refractivity contribution in [2.45, 2.75) is 11.6 Å². The van der Waals surface area contributed by atoms with Crippen molar-refractivity contribution in [2.75, 3.05) is 26.5 Å². The topological polar surface area (TPSA) is 111 Å². The molecule has 0 aliphatic carbocycles. The summed E-state index contributed by atoms with van der Waals surface area (Å²) < 4.78 is 12.0. The van der Waals surface area contributed by atoms with Gasteiger partial charge in [0.25, 0.3) is 5.56 Å². The van der Waals surface area contributed by atoms with Crippen molar-refractivity contribution in [3.8, 4) is 22.9 Å². The van der Waals surface area contributed by atoms with Crippen LogP contribution in [0.15, 0.2) is 58.5 Å². The van der Waals surface area contributed by atoms with Gasteiger partial charge in [0.05, 0.1) is 20.0 Å². The summed E-state index contributed by atoms with van der Waals surface area (Å²) in [6.45, 7) is 0.463. The number of amides is 1. The molecule has 0 saturated heterocycles. The van der Waals surface area contributed by atoms with E-state index in [9.17, 15) is 9.59 Å². The normalized spacial score (nSPS) is 10.9. The number of aromatic amines is 1. The van der Waals surface area contributed by atoms with Crippen LogP contribution >= 0.6 is 23.4 Å². The number of nitrogens with zero attached hydrogens (tertiary/aromatic N) is 3. The van der Waals surface area contributed by atoms with E-state index in [4.69, 9.17) is 21.1 Å². The first kappa shape index (κ1) is 23.7. The number of fused-ring (bicyclic) bond motifs is 1. The van der Waals surface area contributed by atoms with E-state index < -0.39 is 0 Å². The minimum Gasteiger partial charge on any atom is -0.493 e. The average Bonchev–Trinajstić information content (AvgIpc) is 3.23. The number of rotatable bonds is 9. The van der Waals surface area contributed by atoms with E-state index in [0.29, 0.717) is 46.1 Å². The Hall–Kier alpha value is -3.50. The quantitative estimate of drug-likeness (QED) is 0.340. The van der Waals surface area contributed by atoms with Crippen LogP contribution in [0.5, 0.6) is 11.5 Å². The van der Waals surface area contributed by atoms with Gasteiger partial charge in [-0.1, -0.05) is 29.4 Å². The van der Waals surface area contributed by atoms with E-state index in [1.54, 1.807) is 38.5 Å². The van der Waals surface area contributed by atoms with Gasteiger partial charge in [-0.3, -0.25) is 14.7 Å². The molecule has 0 unspecified atom stereocenters. The molecule has 2 aromatic carbocycles. The van der Waals surface area contributed by atoms with Gasteiger partial charge in [0, 0.05) is 23.2 Å². The first-order chi connectivity index (χ1) is 16.5. The van der Waals surface area contributed by atoms with Crippen LogP contribution in [0, 0.1) is 0 Å². The van der Waals surface area contributed by atoms with E-state index in [1.807, 2.05) is 18.2 Å². The van der Waals surface area contributed by atoms with Crippen LogP contribution in [-0.4, -0.2) is 52.0 Å². The molecule has 0 radical (unpaired) electrons. The number of hydrogen-bond donors (Lipinski definition) is 2. The zero-order valence-electron chi connectivity index (χ0n) is 18.5. The van der Waals surface area contributed by atoms with Crippen molar-refractivity contribution in [3.05, 3.63) is 69.5 Å². The molecule has 0 bridgehead atoms. The third kappa shape index (κ3) is 5.52. The number of aromatic nitrogens is 4. The molecule has 9 nitrogen and oxygen atoms in total. The number of carbonyl (C=O) groups is 1. The zero-order chi connectivity index (χ0) is 24.1. The molecule has 2 N–H and O–H groups in total. The van der Waals surface area contributed by atoms with Crippen molar-refractivity contribution in [1.29, 1.82) is 0 Å². The molecule has 0 saturated carbocycles. The van der Waals surface area contributed by atoms with Gasteiger partial charge in [0.2, 0.25) is 5.91 Å². The highest BCUT2D eigenvalue weighted by atomic mass is 35.5. The molecule has 0 aliphatic heterocycles. The van der Waals surface area contributed by atoms with Crippen LogP contribution in [0.3, 0.4) is 0 Å². The number of benzene rings is 2. The Morgan fingerprint density at radius 3 is 2.59 bits per heavy atom. The molecule has 2 heterocycles. The second-order valence-electron chi connectivity index (χ2n) is 7.23. The second-order valence-corrected chi connectivity index (χ2v) is 8.61. The fraction of sp³-hybridized carbons (Fsp3) is 0.217. The summed E-state index contributed by atoms with van der Waals surface area (Å²) in [5, 5.41) is 6.62. The Bertz CT molecular complexity index is 1370. The number of thioether (sulfide) groups is 1. The number of nitrogens with one attached hydrogen (secondary N) is 2. The van der Waals surface area contributed by atoms with Gasteiger partial charge in [-0.05, 0) is 48.4 Å². The van der Waals surface area contributed by atoms with Crippen molar-refractivity contribution >= 4 is 34.9 Å². The van der Waals surface area contributed by atoms with Crippen molar-refractivity contribution < 1.29 is 14.3 Å². The van der Waals surface area contributed by atoms with Gasteiger partial charge in [-0.25, -0.2) is 14.5 Å². The van der Waals surface area contributed by atoms with E-state index in [2.05, 4.69) is 20.4 Å². The number of halogens is 1. The van der Waals surface area contributed by atoms with Gasteiger partial charge in [-0.15, -0.1) is 0 Å². The van der Waals surface area contributed by atoms with Gasteiger partial charge in [-0.2, -0.15) is 0 Å². The summed E-state index contributed by atoms with van der Waals surface area (Å²) in [4.78, 5) is 33.3. The zero-order valence-corrected chi connectivity index (χ0v) is 20.1. The second kappa shape index (κ2) is 10.6. The third-order valence-corrected chi connectivity index (χ3v) is 6.13. The number of methoxy groups -OCH3 is 2. The van der Waals surface area contributed by atoms with Gasteiger partial charge >= 0.3 is 0 Å². The van der Waals surface area contributed by atoms with E-state index in [1.165, 1.54) is 22.3 Å². The number of H-pyrrole nitrogens is 1. The smallest absolute Gasteiger partial charge is 0.266 e. The average molecular weight is 500 g/mol. The molecule has 0 fully saturated rings. The molecular weight excluding hydrogens is 478 g/mol. The van der Waals surface area contributed by atoms with E-state index in [-0.39, 0.29) is 17.2 Å². The number of carbonyl (C=O) groups excluding carboxylic acids is 1. The predicted octanol–water partition coefficient (Wildman–Crippen LogP) is 3.21. The molecule has 1 amide bonds. The molecule has 0 spiro atoms. The maximum Gasteiger partial charge on any atom is 0.266 e. The molecule has 0 atom stereocenters. The Balaban J connectivity index is 1.41. The Morgan fingerprint density at radius 2 is 1.85 bits per heavy atom. The standard InChI is InChI=1S/C23H22ClN5O4S/c1-32-17-8-3-14(11-18(17)33-2)9-10-25-21(31)13-34-23-27-22(15-4-6-16(24)7-5-15)26-19-12-20(30)28-29(19)23/h3-8,11-12H,9-10,13H2,1-2H3,(H,25,31)(H,28,30). The fourth-order valence-corrected chi connectivity index (χ4v) is 4.18. The van der Waals surface area contributed by atoms with E-state index in [0.717, 1.165) is 11.1 Å². The van der Waals surface area contributed by atoms with Crippen LogP contribution in [0.1, 0.15) is 5.56 Å². The summed E-state index contributed by atoms with van der Waals surface area (Å²) >= 11 is 7.18. The maximum atomic E-state index is 12.4. The lowest BCUT2D eigenvalue weighted by Crippen LogP contribution is -2.27. The Morgan fingerprint density at radius 1 is 1.09 bits per heavy atom. The van der Waals surface area contributed by atoms with Crippen LogP contribution in [0.2, 0.25) is 5.02 Å². The molecule has 4 aromatic rings. The minimum absolute atomic E-state index is 0.123. The summed E-state index contributed by atoms with van der Waals surface area (Å²) in [5.74, 6) is 1.71. The van der Waals surface area contributed by atoms with Crippen LogP contribution in [0.4, 0.5) is 0 Å². The fourth-order valence-electron chi connectivity index (χ4n) is 3.27. The molecular formula is C23H22ClN5O4S. The van der Waals surface area contributed by atoms with E-state index >= 15 is 0 Å². The highest BCUT2D eigenvalue weighted by molar-refractivity contribution is 7.99. The van der Waals surface area contributed by atoms with Gasteiger partial charge in [0.15, 0.2) is 28.1 Å². The van der Waals surface area contributed by atoms with Crippen LogP contribution < -0.4 is 20.3 Å². The monoisotopic (exact) mass is 499 g/mol. The SMILES string of the molecule is COc1ccc(CCNC(=O)CSc2nc(-c3ccc(Cl)cc3)nc3cc(=O)[nH]n23)cc1OC. The summed E-state index contributed by atoms with van der Waals surface area (Å²) in [5.41, 5.74) is 1.88. The molecule has 34 heavy (non-hydrogen) atoms. The molecule has 2 aromatic heterocycles. The first-order valence-electron chi connectivity index (χ1n) is 10.3. The highest BCUT2D eigenvalue weighted by Crippen LogP contribution is 2.27. The predicted molar refractivity (Wildman–Crippen MR) is 131 cm³/mol. The first-order valence-corrected chi connectivity index (χ1v) is 11.7. The number of ether oxygens (including phenoxy) is 2. The van der Waals surface area contributed by atoms with Crippen LogP contribution in [0.25, 0.3) is 17.0 Å². The van der Waals surface area contributed by atoms with Crippen molar-refractivity contribution in [1.82, 2.24) is 24.9 Å². The Kier molecular flexibility index (Phi) is 7.39. The summed E-state index contributed by atoms with van der Waals surface area (Å²) in [6.07, 6.45) is 0.639. The maximum absolute atomic E-state index is 12.4. The summed E-state index contributed by atoms with van der Waals surface area (Å²) in [7, 11) is 3.17. The van der Waals surface area contributed by atoms with Crippen LogP contribution in [-0.2, 0) is 11.2 Å². The number of hydrogen-bond acceptors (Lipinski definition) is 7. The minimum atomic E-state index is -0.302. The third-order valence-electron chi connectivity index (χ3n) is 4.94. The lowest BCUT2D eigenvalue weighted by molar-refractivity contribution is -0.118. The lowest BCUT2D eigenvalue weighted by Gasteiger charge is -2.10. The Labute approximate surface area is 204 Å². The van der Waals surface area contributed by atoms with Crippen molar-refractivity contribution in [2.24, 2.45) is 0 Å². The lowest BCUT2D eigenvalue weighted by atomic mass is 10.1. The van der Waals surface area contributed by atoms with Crippen molar-refractivity contribution in [3.63, 3.8) is 0 Å². The molecule has 4 rings (SSSR count). The van der Waals surface area contributed by atoms with Gasteiger partial charge < -0.3 is 14.8 Å². The molecule has 0 aliphatic rings. The molecule has 11 heteroatoms.